The Morgan fingerprint density at radius 3 is 2.88 bits per heavy atom. The molecule has 0 fully saturated rings. The first-order chi connectivity index (χ1) is 12.3. The number of aromatic nitrogens is 4. The zero-order valence-corrected chi connectivity index (χ0v) is 13.9. The second-order valence-electron chi connectivity index (χ2n) is 5.94. The molecule has 0 aliphatic carbocycles. The van der Waals surface area contributed by atoms with Crippen molar-refractivity contribution in [1.29, 1.82) is 0 Å². The molecule has 3 aromatic rings. The van der Waals surface area contributed by atoms with Crippen LogP contribution in [0.1, 0.15) is 36.3 Å². The Kier molecular flexibility index (Phi) is 4.35. The van der Waals surface area contributed by atoms with Gasteiger partial charge in [0.05, 0.1) is 24.8 Å². The lowest BCUT2D eigenvalue weighted by molar-refractivity contribution is 0.161. The second-order valence-corrected chi connectivity index (χ2v) is 5.94. The number of hydrogen-bond acceptors (Lipinski definition) is 6. The van der Waals surface area contributed by atoms with Gasteiger partial charge in [-0.15, -0.1) is 0 Å². The summed E-state index contributed by atoms with van der Waals surface area (Å²) in [4.78, 5) is 13.0. The van der Waals surface area contributed by atoms with Crippen LogP contribution in [0.5, 0.6) is 0 Å². The first kappa shape index (κ1) is 15.7. The number of ether oxygens (including phenoxy) is 1. The third-order valence-corrected chi connectivity index (χ3v) is 4.30. The minimum absolute atomic E-state index is 0.0763. The van der Waals surface area contributed by atoms with E-state index in [0.717, 1.165) is 24.3 Å². The fraction of sp³-hybridized carbons (Fsp3) is 0.263. The lowest BCUT2D eigenvalue weighted by atomic mass is 9.99. The molecule has 1 aliphatic heterocycles. The summed E-state index contributed by atoms with van der Waals surface area (Å²) in [6.07, 6.45) is 8.07. The average molecular weight is 334 g/mol. The van der Waals surface area contributed by atoms with Crippen LogP contribution in [-0.4, -0.2) is 33.3 Å². The Morgan fingerprint density at radius 2 is 2.08 bits per heavy atom. The Bertz CT molecular complexity index is 889. The fourth-order valence-electron chi connectivity index (χ4n) is 2.84. The van der Waals surface area contributed by atoms with Crippen molar-refractivity contribution >= 4 is 5.57 Å². The normalized spacial score (nSPS) is 15.6. The SMILES string of the molecule is CC(c1cnccn1)c1noc(-c2cccc(C3=CCOCC3)c2)n1. The van der Waals surface area contributed by atoms with Crippen molar-refractivity contribution in [3.63, 3.8) is 0 Å². The van der Waals surface area contributed by atoms with Crippen LogP contribution in [0.3, 0.4) is 0 Å². The van der Waals surface area contributed by atoms with Crippen LogP contribution in [-0.2, 0) is 4.74 Å². The zero-order chi connectivity index (χ0) is 17.1. The van der Waals surface area contributed by atoms with Crippen LogP contribution in [0.25, 0.3) is 17.0 Å². The maximum atomic E-state index is 5.48. The Hall–Kier alpha value is -2.86. The van der Waals surface area contributed by atoms with E-state index in [9.17, 15) is 0 Å². The van der Waals surface area contributed by atoms with Gasteiger partial charge in [0.1, 0.15) is 0 Å². The van der Waals surface area contributed by atoms with Gasteiger partial charge in [0, 0.05) is 24.2 Å². The van der Waals surface area contributed by atoms with Gasteiger partial charge >= 0.3 is 0 Å². The van der Waals surface area contributed by atoms with Gasteiger partial charge in [0.15, 0.2) is 5.82 Å². The molecule has 1 aliphatic rings. The molecule has 126 valence electrons. The number of hydrogen-bond donors (Lipinski definition) is 0. The lowest BCUT2D eigenvalue weighted by Crippen LogP contribution is -2.03. The third-order valence-electron chi connectivity index (χ3n) is 4.30. The van der Waals surface area contributed by atoms with Crippen molar-refractivity contribution in [2.24, 2.45) is 0 Å². The molecular formula is C19H18N4O2. The van der Waals surface area contributed by atoms with Crippen LogP contribution in [0.15, 0.2) is 53.5 Å². The molecule has 0 radical (unpaired) electrons. The van der Waals surface area contributed by atoms with Gasteiger partial charge < -0.3 is 9.26 Å². The maximum Gasteiger partial charge on any atom is 0.257 e. The van der Waals surface area contributed by atoms with E-state index in [0.29, 0.717) is 18.3 Å². The van der Waals surface area contributed by atoms with E-state index in [2.05, 4.69) is 38.3 Å². The zero-order valence-electron chi connectivity index (χ0n) is 13.9. The first-order valence-corrected chi connectivity index (χ1v) is 8.28. The van der Waals surface area contributed by atoms with Crippen LogP contribution in [0, 0.1) is 0 Å². The molecule has 6 heteroatoms. The molecule has 6 nitrogen and oxygen atoms in total. The Balaban J connectivity index is 1.61. The van der Waals surface area contributed by atoms with E-state index in [1.165, 1.54) is 11.1 Å². The van der Waals surface area contributed by atoms with E-state index in [4.69, 9.17) is 9.26 Å². The van der Waals surface area contributed by atoms with Crippen LogP contribution < -0.4 is 0 Å². The number of rotatable bonds is 4. The lowest BCUT2D eigenvalue weighted by Gasteiger charge is -2.13. The van der Waals surface area contributed by atoms with E-state index < -0.39 is 0 Å². The van der Waals surface area contributed by atoms with Gasteiger partial charge in [-0.25, -0.2) is 0 Å². The monoisotopic (exact) mass is 334 g/mol. The summed E-state index contributed by atoms with van der Waals surface area (Å²) in [6, 6.07) is 8.17. The van der Waals surface area contributed by atoms with Crippen molar-refractivity contribution in [1.82, 2.24) is 20.1 Å². The predicted molar refractivity (Wildman–Crippen MR) is 92.7 cm³/mol. The summed E-state index contributed by atoms with van der Waals surface area (Å²) in [5, 5.41) is 4.12. The summed E-state index contributed by atoms with van der Waals surface area (Å²) in [5.74, 6) is 1.04. The standard InChI is InChI=1S/C19H18N4O2/c1-13(17-12-20-7-8-21-17)18-22-19(25-23-18)16-4-2-3-15(11-16)14-5-9-24-10-6-14/h2-5,7-8,11-13H,6,9-10H2,1H3. The first-order valence-electron chi connectivity index (χ1n) is 8.28. The molecule has 0 N–H and O–H groups in total. The molecular weight excluding hydrogens is 316 g/mol. The summed E-state index contributed by atoms with van der Waals surface area (Å²) in [6.45, 7) is 3.41. The van der Waals surface area contributed by atoms with E-state index in [-0.39, 0.29) is 5.92 Å². The second kappa shape index (κ2) is 6.94. The van der Waals surface area contributed by atoms with Gasteiger partial charge in [-0.2, -0.15) is 4.98 Å². The third kappa shape index (κ3) is 3.34. The highest BCUT2D eigenvalue weighted by atomic mass is 16.5. The molecule has 0 amide bonds. The molecule has 3 heterocycles. The smallest absolute Gasteiger partial charge is 0.257 e. The predicted octanol–water partition coefficient (Wildman–Crippen LogP) is 3.48. The quantitative estimate of drug-likeness (QED) is 0.727. The molecule has 1 atom stereocenters. The molecule has 0 spiro atoms. The Labute approximate surface area is 145 Å². The average Bonchev–Trinajstić information content (AvgIpc) is 3.19. The fourth-order valence-corrected chi connectivity index (χ4v) is 2.84. The molecule has 0 saturated carbocycles. The molecule has 1 unspecified atom stereocenters. The van der Waals surface area contributed by atoms with Gasteiger partial charge in [-0.05, 0) is 36.6 Å². The van der Waals surface area contributed by atoms with Crippen molar-refractivity contribution in [2.75, 3.05) is 13.2 Å². The summed E-state index contributed by atoms with van der Waals surface area (Å²) in [5.41, 5.74) is 4.19. The molecule has 0 bridgehead atoms. The molecule has 4 rings (SSSR count). The summed E-state index contributed by atoms with van der Waals surface area (Å²) >= 11 is 0. The van der Waals surface area contributed by atoms with Crippen molar-refractivity contribution in [3.8, 4) is 11.5 Å². The Morgan fingerprint density at radius 1 is 1.16 bits per heavy atom. The van der Waals surface area contributed by atoms with Gasteiger partial charge in [0.25, 0.3) is 5.89 Å². The van der Waals surface area contributed by atoms with Crippen molar-refractivity contribution in [2.45, 2.75) is 19.3 Å². The van der Waals surface area contributed by atoms with Gasteiger partial charge in [-0.1, -0.05) is 23.4 Å². The van der Waals surface area contributed by atoms with Crippen molar-refractivity contribution < 1.29 is 9.26 Å². The van der Waals surface area contributed by atoms with E-state index >= 15 is 0 Å². The minimum Gasteiger partial charge on any atom is -0.377 e. The highest BCUT2D eigenvalue weighted by Gasteiger charge is 2.18. The van der Waals surface area contributed by atoms with Crippen molar-refractivity contribution in [3.05, 3.63) is 66.0 Å². The topological polar surface area (TPSA) is 73.9 Å². The van der Waals surface area contributed by atoms with Crippen LogP contribution in [0.2, 0.25) is 0 Å². The molecule has 1 aromatic carbocycles. The maximum absolute atomic E-state index is 5.48. The largest absolute Gasteiger partial charge is 0.377 e. The summed E-state index contributed by atoms with van der Waals surface area (Å²) in [7, 11) is 0. The van der Waals surface area contributed by atoms with Gasteiger partial charge in [0.2, 0.25) is 0 Å². The highest BCUT2D eigenvalue weighted by molar-refractivity contribution is 5.70. The number of nitrogens with zero attached hydrogens (tertiary/aromatic N) is 4. The number of benzene rings is 1. The van der Waals surface area contributed by atoms with Crippen LogP contribution in [0.4, 0.5) is 0 Å². The minimum atomic E-state index is -0.0763. The highest BCUT2D eigenvalue weighted by Crippen LogP contribution is 2.27. The molecule has 25 heavy (non-hydrogen) atoms. The molecule has 0 saturated heterocycles. The van der Waals surface area contributed by atoms with Gasteiger partial charge in [-0.3, -0.25) is 9.97 Å². The summed E-state index contributed by atoms with van der Waals surface area (Å²) < 4.78 is 10.9. The van der Waals surface area contributed by atoms with E-state index in [1.807, 2.05) is 19.1 Å². The van der Waals surface area contributed by atoms with E-state index in [1.54, 1.807) is 18.6 Å². The molecule has 2 aromatic heterocycles. The van der Waals surface area contributed by atoms with Crippen LogP contribution >= 0.6 is 0 Å².